The smallest absolute Gasteiger partial charge is 0.306 e. The molecular weight excluding hydrogens is 326 g/mol. The van der Waals surface area contributed by atoms with Crippen LogP contribution < -0.4 is 0 Å². The van der Waals surface area contributed by atoms with Crippen LogP contribution in [0, 0.1) is 0 Å². The molecule has 1 aromatic carbocycles. The Hall–Kier alpha value is -1.39. The first-order valence-electron chi connectivity index (χ1n) is 9.98. The molecule has 0 aromatic heterocycles. The molecule has 1 fully saturated rings. The van der Waals surface area contributed by atoms with Gasteiger partial charge in [-0.15, -0.1) is 0 Å². The first-order chi connectivity index (χ1) is 12.4. The van der Waals surface area contributed by atoms with Gasteiger partial charge in [-0.3, -0.25) is 4.79 Å². The lowest BCUT2D eigenvalue weighted by Gasteiger charge is -2.45. The van der Waals surface area contributed by atoms with Crippen LogP contribution in [0.25, 0.3) is 0 Å². The Morgan fingerprint density at radius 1 is 1.19 bits per heavy atom. The fourth-order valence-corrected chi connectivity index (χ4v) is 4.11. The second-order valence-electron chi connectivity index (χ2n) is 7.96. The number of carbonyl (C=O) groups is 1. The highest BCUT2D eigenvalue weighted by Crippen LogP contribution is 2.44. The molecule has 1 atom stereocenters. The molecule has 1 unspecified atom stereocenters. The van der Waals surface area contributed by atoms with E-state index in [4.69, 9.17) is 9.47 Å². The summed E-state index contributed by atoms with van der Waals surface area (Å²) in [5.41, 5.74) is 0.798. The number of nitrogens with zero attached hydrogens (tertiary/aromatic N) is 1. The number of esters is 1. The molecule has 26 heavy (non-hydrogen) atoms. The third-order valence-electron chi connectivity index (χ3n) is 5.48. The van der Waals surface area contributed by atoms with Gasteiger partial charge in [0.05, 0.1) is 18.6 Å². The summed E-state index contributed by atoms with van der Waals surface area (Å²) in [5.74, 6) is -0.0916. The number of carbonyl (C=O) groups excluding carboxylic acids is 1. The highest BCUT2D eigenvalue weighted by molar-refractivity contribution is 5.71. The van der Waals surface area contributed by atoms with Gasteiger partial charge in [-0.2, -0.15) is 0 Å². The number of hydrogen-bond donors (Lipinski definition) is 0. The molecule has 0 bridgehead atoms. The van der Waals surface area contributed by atoms with Gasteiger partial charge in [-0.05, 0) is 51.8 Å². The van der Waals surface area contributed by atoms with Crippen LogP contribution in [-0.4, -0.2) is 49.3 Å². The second kappa shape index (κ2) is 9.52. The summed E-state index contributed by atoms with van der Waals surface area (Å²) in [6, 6.07) is 10.4. The van der Waals surface area contributed by atoms with Gasteiger partial charge in [-0.1, -0.05) is 44.2 Å². The molecule has 0 spiro atoms. The predicted molar refractivity (Wildman–Crippen MR) is 105 cm³/mol. The molecule has 0 radical (unpaired) electrons. The van der Waals surface area contributed by atoms with Crippen molar-refractivity contribution in [3.8, 4) is 0 Å². The molecule has 0 amide bonds. The standard InChI is InChI=1S/C22H35NO3/c1-5-23(6-2)14-10-15-25-20(24)17-22(19-11-8-7-9-12-19)13-16-26-21(3,4)18-22/h7-9,11-12H,5-6,10,13-18H2,1-4H3. The Balaban J connectivity index is 1.98. The van der Waals surface area contributed by atoms with Gasteiger partial charge in [-0.25, -0.2) is 0 Å². The average Bonchev–Trinajstić information content (AvgIpc) is 2.62. The van der Waals surface area contributed by atoms with Gasteiger partial charge in [0, 0.05) is 18.6 Å². The maximum Gasteiger partial charge on any atom is 0.306 e. The Kier molecular flexibility index (Phi) is 7.66. The summed E-state index contributed by atoms with van der Waals surface area (Å²) in [6.45, 7) is 12.8. The van der Waals surface area contributed by atoms with E-state index in [1.54, 1.807) is 0 Å². The van der Waals surface area contributed by atoms with Crippen molar-refractivity contribution >= 4 is 5.97 Å². The molecule has 1 aliphatic heterocycles. The molecule has 2 rings (SSSR count). The minimum absolute atomic E-state index is 0.0916. The van der Waals surface area contributed by atoms with E-state index < -0.39 is 0 Å². The van der Waals surface area contributed by atoms with E-state index in [0.29, 0.717) is 19.6 Å². The van der Waals surface area contributed by atoms with Gasteiger partial charge >= 0.3 is 5.97 Å². The number of ether oxygens (including phenoxy) is 2. The Morgan fingerprint density at radius 2 is 1.88 bits per heavy atom. The van der Waals surface area contributed by atoms with Crippen molar-refractivity contribution in [2.45, 2.75) is 64.4 Å². The second-order valence-corrected chi connectivity index (χ2v) is 7.96. The maximum atomic E-state index is 12.6. The number of rotatable bonds is 9. The first kappa shape index (κ1) is 20.9. The van der Waals surface area contributed by atoms with Crippen molar-refractivity contribution < 1.29 is 14.3 Å². The maximum absolute atomic E-state index is 12.6. The van der Waals surface area contributed by atoms with Crippen LogP contribution in [0.3, 0.4) is 0 Å². The van der Waals surface area contributed by atoms with Crippen LogP contribution >= 0.6 is 0 Å². The monoisotopic (exact) mass is 361 g/mol. The molecular formula is C22H35NO3. The molecule has 1 aromatic rings. The highest BCUT2D eigenvalue weighted by atomic mass is 16.5. The topological polar surface area (TPSA) is 38.8 Å². The fourth-order valence-electron chi connectivity index (χ4n) is 4.11. The fraction of sp³-hybridized carbons (Fsp3) is 0.682. The lowest BCUT2D eigenvalue weighted by molar-refractivity contribution is -0.148. The largest absolute Gasteiger partial charge is 0.466 e. The van der Waals surface area contributed by atoms with Crippen LogP contribution in [0.5, 0.6) is 0 Å². The van der Waals surface area contributed by atoms with E-state index >= 15 is 0 Å². The first-order valence-corrected chi connectivity index (χ1v) is 9.98. The number of benzene rings is 1. The van der Waals surface area contributed by atoms with E-state index in [1.807, 2.05) is 6.07 Å². The van der Waals surface area contributed by atoms with E-state index in [9.17, 15) is 4.79 Å². The lowest BCUT2D eigenvalue weighted by Crippen LogP contribution is -2.45. The molecule has 4 heteroatoms. The minimum Gasteiger partial charge on any atom is -0.466 e. The zero-order valence-electron chi connectivity index (χ0n) is 16.9. The Labute approximate surface area is 158 Å². The molecule has 1 saturated heterocycles. The van der Waals surface area contributed by atoms with E-state index in [0.717, 1.165) is 38.9 Å². The third kappa shape index (κ3) is 5.82. The summed E-state index contributed by atoms with van der Waals surface area (Å²) >= 11 is 0. The van der Waals surface area contributed by atoms with Gasteiger partial charge in [0.2, 0.25) is 0 Å². The van der Waals surface area contributed by atoms with Gasteiger partial charge < -0.3 is 14.4 Å². The third-order valence-corrected chi connectivity index (χ3v) is 5.48. The Bertz CT molecular complexity index is 554. The predicted octanol–water partition coefficient (Wildman–Crippen LogP) is 4.18. The molecule has 1 aliphatic rings. The quantitative estimate of drug-likeness (QED) is 0.489. The van der Waals surface area contributed by atoms with Gasteiger partial charge in [0.1, 0.15) is 0 Å². The zero-order chi connectivity index (χ0) is 19.0. The molecule has 0 aliphatic carbocycles. The van der Waals surface area contributed by atoms with Crippen LogP contribution in [-0.2, 0) is 19.7 Å². The van der Waals surface area contributed by atoms with E-state index in [2.05, 4.69) is 56.9 Å². The summed E-state index contributed by atoms with van der Waals surface area (Å²) in [5, 5.41) is 0. The lowest BCUT2D eigenvalue weighted by atomic mass is 9.67. The summed E-state index contributed by atoms with van der Waals surface area (Å²) in [7, 11) is 0. The summed E-state index contributed by atoms with van der Waals surface area (Å²) in [6.07, 6.45) is 3.00. The van der Waals surface area contributed by atoms with Crippen molar-refractivity contribution in [3.05, 3.63) is 35.9 Å². The molecule has 0 saturated carbocycles. The molecule has 1 heterocycles. The molecule has 0 N–H and O–H groups in total. The number of hydrogen-bond acceptors (Lipinski definition) is 4. The van der Waals surface area contributed by atoms with Crippen LogP contribution in [0.15, 0.2) is 30.3 Å². The zero-order valence-corrected chi connectivity index (χ0v) is 16.9. The average molecular weight is 362 g/mol. The summed E-state index contributed by atoms with van der Waals surface area (Å²) < 4.78 is 11.5. The minimum atomic E-state index is -0.225. The highest BCUT2D eigenvalue weighted by Gasteiger charge is 2.43. The van der Waals surface area contributed by atoms with Crippen LogP contribution in [0.4, 0.5) is 0 Å². The SMILES string of the molecule is CCN(CC)CCCOC(=O)CC1(c2ccccc2)CCOC(C)(C)C1. The van der Waals surface area contributed by atoms with Crippen molar-refractivity contribution in [1.82, 2.24) is 4.90 Å². The van der Waals surface area contributed by atoms with Crippen LogP contribution in [0.1, 0.15) is 58.9 Å². The molecule has 146 valence electrons. The van der Waals surface area contributed by atoms with Crippen LogP contribution in [0.2, 0.25) is 0 Å². The van der Waals surface area contributed by atoms with Crippen molar-refractivity contribution in [2.75, 3.05) is 32.8 Å². The van der Waals surface area contributed by atoms with Crippen molar-refractivity contribution in [1.29, 1.82) is 0 Å². The molecule has 4 nitrogen and oxygen atoms in total. The summed E-state index contributed by atoms with van der Waals surface area (Å²) in [4.78, 5) is 15.0. The van der Waals surface area contributed by atoms with E-state index in [-0.39, 0.29) is 17.0 Å². The van der Waals surface area contributed by atoms with Gasteiger partial charge in [0.25, 0.3) is 0 Å². The van der Waals surface area contributed by atoms with Gasteiger partial charge in [0.15, 0.2) is 0 Å². The normalized spacial score (nSPS) is 22.3. The van der Waals surface area contributed by atoms with Crippen molar-refractivity contribution in [3.63, 3.8) is 0 Å². The Morgan fingerprint density at radius 3 is 2.50 bits per heavy atom. The van der Waals surface area contributed by atoms with Crippen molar-refractivity contribution in [2.24, 2.45) is 0 Å². The van der Waals surface area contributed by atoms with E-state index in [1.165, 1.54) is 5.56 Å².